The second-order valence-corrected chi connectivity index (χ2v) is 18.7. The zero-order chi connectivity index (χ0) is 44.8. The SMILES string of the molecule is CCCCC/C=C\CCCCCCCC(=O)OC(COCCCCCCCCCCCC/C=C\CCCCCCCCCC)COP(=O)(O)OC1C(O)C(O)C(O)C(O)C1O. The van der Waals surface area contributed by atoms with Crippen molar-refractivity contribution in [1.29, 1.82) is 0 Å². The normalized spacial score (nSPS) is 22.3. The van der Waals surface area contributed by atoms with E-state index in [9.17, 15) is 39.8 Å². The fraction of sp³-hybridized carbons (Fsp3) is 0.896. The predicted octanol–water partition coefficient (Wildman–Crippen LogP) is 10.5. The molecule has 0 spiro atoms. The molecule has 6 unspecified atom stereocenters. The second-order valence-electron chi connectivity index (χ2n) is 17.3. The molecule has 0 saturated heterocycles. The number of hydrogen-bond donors (Lipinski definition) is 6. The smallest absolute Gasteiger partial charge is 0.457 e. The molecule has 12 nitrogen and oxygen atoms in total. The predicted molar refractivity (Wildman–Crippen MR) is 244 cm³/mol. The van der Waals surface area contributed by atoms with E-state index in [0.29, 0.717) is 13.0 Å². The van der Waals surface area contributed by atoms with Gasteiger partial charge in [-0.15, -0.1) is 0 Å². The molecule has 0 radical (unpaired) electrons. The van der Waals surface area contributed by atoms with Gasteiger partial charge in [0.15, 0.2) is 0 Å². The zero-order valence-electron chi connectivity index (χ0n) is 38.5. The fourth-order valence-electron chi connectivity index (χ4n) is 7.58. The Morgan fingerprint density at radius 2 is 0.869 bits per heavy atom. The third-order valence-corrected chi connectivity index (χ3v) is 12.5. The Kier molecular flexibility index (Phi) is 37.2. The Balaban J connectivity index is 2.31. The van der Waals surface area contributed by atoms with Crippen LogP contribution < -0.4 is 0 Å². The maximum absolute atomic E-state index is 12.8. The monoisotopic (exact) mass is 891 g/mol. The van der Waals surface area contributed by atoms with Crippen LogP contribution in [0.3, 0.4) is 0 Å². The number of carbonyl (C=O) groups excluding carboxylic acids is 1. The zero-order valence-corrected chi connectivity index (χ0v) is 39.4. The summed E-state index contributed by atoms with van der Waals surface area (Å²) >= 11 is 0. The van der Waals surface area contributed by atoms with Gasteiger partial charge < -0.3 is 39.9 Å². The van der Waals surface area contributed by atoms with E-state index >= 15 is 0 Å². The largest absolute Gasteiger partial charge is 0.472 e. The fourth-order valence-corrected chi connectivity index (χ4v) is 8.55. The summed E-state index contributed by atoms with van der Waals surface area (Å²) in [6.45, 7) is 4.24. The number of carbonyl (C=O) groups is 1. The lowest BCUT2D eigenvalue weighted by Crippen LogP contribution is -2.64. The van der Waals surface area contributed by atoms with Gasteiger partial charge in [0.1, 0.15) is 42.7 Å². The van der Waals surface area contributed by atoms with E-state index in [2.05, 4.69) is 38.2 Å². The van der Waals surface area contributed by atoms with Crippen LogP contribution in [0.15, 0.2) is 24.3 Å². The van der Waals surface area contributed by atoms with Gasteiger partial charge in [-0.1, -0.05) is 167 Å². The van der Waals surface area contributed by atoms with Gasteiger partial charge in [-0.05, 0) is 64.2 Å². The van der Waals surface area contributed by atoms with Gasteiger partial charge >= 0.3 is 13.8 Å². The third kappa shape index (κ3) is 31.4. The van der Waals surface area contributed by atoms with E-state index in [1.807, 2.05) is 0 Å². The van der Waals surface area contributed by atoms with Crippen molar-refractivity contribution in [2.24, 2.45) is 0 Å². The number of rotatable bonds is 42. The molecule has 1 aliphatic rings. The van der Waals surface area contributed by atoms with E-state index in [4.69, 9.17) is 18.5 Å². The Bertz CT molecular complexity index is 1110. The maximum atomic E-state index is 12.8. The molecule has 13 heteroatoms. The molecule has 360 valence electrons. The summed E-state index contributed by atoms with van der Waals surface area (Å²) in [4.78, 5) is 23.1. The number of phosphoric ester groups is 1. The Morgan fingerprint density at radius 3 is 1.33 bits per heavy atom. The Morgan fingerprint density at radius 1 is 0.508 bits per heavy atom. The standard InChI is InChI=1S/C48H91O12P/c1-3-5-7-9-11-13-15-17-18-19-20-21-22-23-24-25-26-28-30-32-34-36-38-57-39-41(59-42(49)37-35-33-31-29-27-16-14-12-10-8-6-4-2)40-58-61(55,56)60-48-46(53)44(51)43(50)45(52)47(48)54/h12,14,19-20,41,43-48,50-54H,3-11,13,15-18,21-40H2,1-2H3,(H,55,56)/b14-12-,20-19-. The molecule has 1 rings (SSSR count). The van der Waals surface area contributed by atoms with Gasteiger partial charge in [0.2, 0.25) is 0 Å². The Hall–Kier alpha value is -1.18. The minimum atomic E-state index is -5.02. The van der Waals surface area contributed by atoms with Crippen molar-refractivity contribution in [3.05, 3.63) is 24.3 Å². The number of ether oxygens (including phenoxy) is 2. The lowest BCUT2D eigenvalue weighted by atomic mass is 9.85. The number of esters is 1. The summed E-state index contributed by atoms with van der Waals surface area (Å²) < 4.78 is 34.2. The summed E-state index contributed by atoms with van der Waals surface area (Å²) in [5, 5.41) is 50.2. The van der Waals surface area contributed by atoms with Crippen molar-refractivity contribution < 1.29 is 58.3 Å². The molecule has 0 aromatic rings. The minimum absolute atomic E-state index is 0.0783. The maximum Gasteiger partial charge on any atom is 0.472 e. The van der Waals surface area contributed by atoms with E-state index in [1.165, 1.54) is 128 Å². The highest BCUT2D eigenvalue weighted by molar-refractivity contribution is 7.47. The molecule has 1 aliphatic carbocycles. The molecule has 0 aromatic carbocycles. The number of aliphatic hydroxyl groups is 5. The number of aliphatic hydroxyl groups excluding tert-OH is 5. The molecule has 6 N–H and O–H groups in total. The highest BCUT2D eigenvalue weighted by Crippen LogP contribution is 2.47. The third-order valence-electron chi connectivity index (χ3n) is 11.5. The highest BCUT2D eigenvalue weighted by atomic mass is 31.2. The first-order valence-corrected chi connectivity index (χ1v) is 26.2. The van der Waals surface area contributed by atoms with Crippen LogP contribution in [0.2, 0.25) is 0 Å². The van der Waals surface area contributed by atoms with Gasteiger partial charge in [-0.25, -0.2) is 4.57 Å². The van der Waals surface area contributed by atoms with Gasteiger partial charge in [0.25, 0.3) is 0 Å². The molecule has 61 heavy (non-hydrogen) atoms. The van der Waals surface area contributed by atoms with Crippen molar-refractivity contribution in [1.82, 2.24) is 0 Å². The van der Waals surface area contributed by atoms with Crippen molar-refractivity contribution in [2.45, 2.75) is 256 Å². The van der Waals surface area contributed by atoms with E-state index < -0.39 is 63.1 Å². The van der Waals surface area contributed by atoms with Crippen LogP contribution in [0.4, 0.5) is 0 Å². The summed E-state index contributed by atoms with van der Waals surface area (Å²) in [6, 6.07) is 0. The quantitative estimate of drug-likeness (QED) is 0.0147. The first kappa shape index (κ1) is 57.8. The molecule has 0 aromatic heterocycles. The number of unbranched alkanes of at least 4 members (excludes halogenated alkanes) is 26. The molecule has 6 atom stereocenters. The van der Waals surface area contributed by atoms with Gasteiger partial charge in [-0.3, -0.25) is 13.8 Å². The van der Waals surface area contributed by atoms with Crippen LogP contribution in [0.1, 0.15) is 213 Å². The summed E-state index contributed by atoms with van der Waals surface area (Å²) in [5.74, 6) is -0.486. The molecule has 0 heterocycles. The van der Waals surface area contributed by atoms with Crippen LogP contribution in [-0.4, -0.2) is 98.9 Å². The van der Waals surface area contributed by atoms with Gasteiger partial charge in [-0.2, -0.15) is 0 Å². The second kappa shape index (κ2) is 39.2. The first-order valence-electron chi connectivity index (χ1n) is 24.7. The topological polar surface area (TPSA) is 192 Å². The van der Waals surface area contributed by atoms with E-state index in [0.717, 1.165) is 57.8 Å². The average molecular weight is 891 g/mol. The van der Waals surface area contributed by atoms with Crippen LogP contribution in [0, 0.1) is 0 Å². The highest BCUT2D eigenvalue weighted by Gasteiger charge is 2.51. The molecule has 0 bridgehead atoms. The number of allylic oxidation sites excluding steroid dienone is 4. The van der Waals surface area contributed by atoms with Crippen molar-refractivity contribution in [3.63, 3.8) is 0 Å². The number of phosphoric acid groups is 1. The van der Waals surface area contributed by atoms with Crippen molar-refractivity contribution in [3.8, 4) is 0 Å². The van der Waals surface area contributed by atoms with Crippen LogP contribution in [0.5, 0.6) is 0 Å². The Labute approximate surface area is 370 Å². The number of hydrogen-bond acceptors (Lipinski definition) is 11. The summed E-state index contributed by atoms with van der Waals surface area (Å²) in [5.41, 5.74) is 0. The first-order chi connectivity index (χ1) is 29.5. The van der Waals surface area contributed by atoms with Crippen LogP contribution in [0.25, 0.3) is 0 Å². The van der Waals surface area contributed by atoms with Gasteiger partial charge in [0.05, 0.1) is 13.2 Å². The van der Waals surface area contributed by atoms with Gasteiger partial charge in [0, 0.05) is 13.0 Å². The molecule has 0 aliphatic heterocycles. The lowest BCUT2D eigenvalue weighted by molar-refractivity contribution is -0.220. The van der Waals surface area contributed by atoms with Crippen LogP contribution >= 0.6 is 7.82 Å². The lowest BCUT2D eigenvalue weighted by Gasteiger charge is -2.41. The van der Waals surface area contributed by atoms with Crippen molar-refractivity contribution in [2.75, 3.05) is 19.8 Å². The molecule has 1 fully saturated rings. The average Bonchev–Trinajstić information content (AvgIpc) is 3.24. The van der Waals surface area contributed by atoms with E-state index in [-0.39, 0.29) is 13.0 Å². The molecular weight excluding hydrogens is 799 g/mol. The molecule has 1 saturated carbocycles. The summed E-state index contributed by atoms with van der Waals surface area (Å²) in [7, 11) is -5.02. The van der Waals surface area contributed by atoms with Crippen LogP contribution in [-0.2, 0) is 27.9 Å². The van der Waals surface area contributed by atoms with E-state index in [1.54, 1.807) is 0 Å². The minimum Gasteiger partial charge on any atom is -0.457 e. The molecule has 0 amide bonds. The summed E-state index contributed by atoms with van der Waals surface area (Å²) in [6.07, 6.45) is 32.6. The van der Waals surface area contributed by atoms with Crippen molar-refractivity contribution >= 4 is 13.8 Å². The molecular formula is C48H91O12P.